The Hall–Kier alpha value is -2.04. The molecule has 3 rings (SSSR count). The molecule has 2 aromatic rings. The first kappa shape index (κ1) is 20.3. The van der Waals surface area contributed by atoms with E-state index < -0.39 is 0 Å². The average Bonchev–Trinajstić information content (AvgIpc) is 3.27. The maximum absolute atomic E-state index is 5.46. The van der Waals surface area contributed by atoms with Gasteiger partial charge in [-0.05, 0) is 25.5 Å². The van der Waals surface area contributed by atoms with Gasteiger partial charge in [-0.1, -0.05) is 17.3 Å². The summed E-state index contributed by atoms with van der Waals surface area (Å²) in [6.07, 6.45) is 1.03. The molecule has 1 aliphatic heterocycles. The lowest BCUT2D eigenvalue weighted by Crippen LogP contribution is -2.44. The van der Waals surface area contributed by atoms with Gasteiger partial charge in [0.25, 0.3) is 0 Å². The summed E-state index contributed by atoms with van der Waals surface area (Å²) in [5, 5.41) is 10.4. The van der Waals surface area contributed by atoms with Gasteiger partial charge in [0.1, 0.15) is 5.75 Å². The standard InChI is InChI=1S/C17H24N6O2.HI/c1-12-20-16(25-22-12)10-19-17(18-2)21-13-8-9-23(11-13)14-6-4-5-7-15(14)24-3;/h4-7,13H,8-11H2,1-3H3,(H2,18,19,21);1H. The van der Waals surface area contributed by atoms with Gasteiger partial charge in [0.15, 0.2) is 11.8 Å². The van der Waals surface area contributed by atoms with Crippen molar-refractivity contribution in [1.29, 1.82) is 0 Å². The number of rotatable bonds is 5. The van der Waals surface area contributed by atoms with Gasteiger partial charge in [-0.25, -0.2) is 0 Å². The highest BCUT2D eigenvalue weighted by Crippen LogP contribution is 2.30. The number of aromatic nitrogens is 2. The van der Waals surface area contributed by atoms with Crippen molar-refractivity contribution in [2.45, 2.75) is 25.9 Å². The number of para-hydroxylation sites is 2. The summed E-state index contributed by atoms with van der Waals surface area (Å²) < 4.78 is 10.6. The minimum atomic E-state index is 0. The second-order valence-corrected chi connectivity index (χ2v) is 5.91. The second-order valence-electron chi connectivity index (χ2n) is 5.91. The first-order valence-electron chi connectivity index (χ1n) is 8.34. The molecule has 1 fully saturated rings. The number of nitrogens with zero attached hydrogens (tertiary/aromatic N) is 4. The van der Waals surface area contributed by atoms with E-state index in [2.05, 4.69) is 36.7 Å². The molecule has 1 saturated heterocycles. The van der Waals surface area contributed by atoms with Crippen molar-refractivity contribution in [3.63, 3.8) is 0 Å². The Kier molecular flexibility index (Phi) is 7.49. The Bertz CT molecular complexity index is 736. The van der Waals surface area contributed by atoms with Gasteiger partial charge in [-0.3, -0.25) is 4.99 Å². The van der Waals surface area contributed by atoms with Crippen molar-refractivity contribution in [1.82, 2.24) is 20.8 Å². The van der Waals surface area contributed by atoms with Crippen LogP contribution in [0.15, 0.2) is 33.8 Å². The molecule has 0 spiro atoms. The van der Waals surface area contributed by atoms with Crippen LogP contribution in [0.3, 0.4) is 0 Å². The van der Waals surface area contributed by atoms with E-state index in [0.29, 0.717) is 24.3 Å². The van der Waals surface area contributed by atoms with Crippen LogP contribution in [0, 0.1) is 6.92 Å². The van der Waals surface area contributed by atoms with Crippen LogP contribution in [-0.4, -0.2) is 49.4 Å². The van der Waals surface area contributed by atoms with Crippen LogP contribution in [0.1, 0.15) is 18.1 Å². The molecule has 1 atom stereocenters. The Balaban J connectivity index is 0.00000243. The summed E-state index contributed by atoms with van der Waals surface area (Å²) in [7, 11) is 3.46. The van der Waals surface area contributed by atoms with Crippen LogP contribution < -0.4 is 20.3 Å². The third-order valence-corrected chi connectivity index (χ3v) is 4.16. The summed E-state index contributed by atoms with van der Waals surface area (Å²) in [6.45, 7) is 4.10. The maximum Gasteiger partial charge on any atom is 0.246 e. The van der Waals surface area contributed by atoms with Crippen LogP contribution in [0.4, 0.5) is 5.69 Å². The number of ether oxygens (including phenoxy) is 1. The molecule has 0 amide bonds. The average molecular weight is 472 g/mol. The van der Waals surface area contributed by atoms with Gasteiger partial charge < -0.3 is 24.8 Å². The number of aliphatic imine (C=N–C) groups is 1. The molecule has 9 heteroatoms. The monoisotopic (exact) mass is 472 g/mol. The van der Waals surface area contributed by atoms with E-state index in [-0.39, 0.29) is 24.0 Å². The topological polar surface area (TPSA) is 87.8 Å². The van der Waals surface area contributed by atoms with Gasteiger partial charge >= 0.3 is 0 Å². The number of hydrogen-bond acceptors (Lipinski definition) is 6. The lowest BCUT2D eigenvalue weighted by molar-refractivity contribution is 0.371. The number of anilines is 1. The van der Waals surface area contributed by atoms with Crippen molar-refractivity contribution in [3.8, 4) is 5.75 Å². The third kappa shape index (κ3) is 4.99. The zero-order valence-electron chi connectivity index (χ0n) is 15.2. The summed E-state index contributed by atoms with van der Waals surface area (Å²) in [5.74, 6) is 2.80. The highest BCUT2D eigenvalue weighted by molar-refractivity contribution is 14.0. The van der Waals surface area contributed by atoms with Gasteiger partial charge in [0, 0.05) is 26.2 Å². The van der Waals surface area contributed by atoms with E-state index in [9.17, 15) is 0 Å². The van der Waals surface area contributed by atoms with E-state index in [1.807, 2.05) is 18.2 Å². The van der Waals surface area contributed by atoms with Crippen LogP contribution in [0.2, 0.25) is 0 Å². The van der Waals surface area contributed by atoms with Crippen molar-refractivity contribution < 1.29 is 9.26 Å². The van der Waals surface area contributed by atoms with E-state index >= 15 is 0 Å². The van der Waals surface area contributed by atoms with Crippen LogP contribution >= 0.6 is 24.0 Å². The molecule has 26 heavy (non-hydrogen) atoms. The number of nitrogens with one attached hydrogen (secondary N) is 2. The predicted octanol–water partition coefficient (Wildman–Crippen LogP) is 1.95. The molecule has 1 unspecified atom stereocenters. The van der Waals surface area contributed by atoms with Gasteiger partial charge in [0.05, 0.1) is 19.3 Å². The Morgan fingerprint density at radius 3 is 2.92 bits per heavy atom. The zero-order chi connectivity index (χ0) is 17.6. The summed E-state index contributed by atoms with van der Waals surface area (Å²) >= 11 is 0. The minimum absolute atomic E-state index is 0. The van der Waals surface area contributed by atoms with Crippen molar-refractivity contribution >= 4 is 35.6 Å². The maximum atomic E-state index is 5.46. The third-order valence-electron chi connectivity index (χ3n) is 4.16. The Morgan fingerprint density at radius 2 is 2.23 bits per heavy atom. The molecule has 0 radical (unpaired) electrons. The van der Waals surface area contributed by atoms with Crippen molar-refractivity contribution in [2.75, 3.05) is 32.1 Å². The number of benzene rings is 1. The number of aryl methyl sites for hydroxylation is 1. The lowest BCUT2D eigenvalue weighted by Gasteiger charge is -2.22. The van der Waals surface area contributed by atoms with Gasteiger partial charge in [0.2, 0.25) is 5.89 Å². The normalized spacial score (nSPS) is 17.0. The Labute approximate surface area is 170 Å². The van der Waals surface area contributed by atoms with Crippen molar-refractivity contribution in [2.24, 2.45) is 4.99 Å². The molecule has 1 aromatic heterocycles. The molecular formula is C17H25IN6O2. The first-order valence-corrected chi connectivity index (χ1v) is 8.34. The quantitative estimate of drug-likeness (QED) is 0.391. The number of halogens is 1. The first-order chi connectivity index (χ1) is 12.2. The second kappa shape index (κ2) is 9.60. The van der Waals surface area contributed by atoms with E-state index in [0.717, 1.165) is 36.9 Å². The zero-order valence-corrected chi connectivity index (χ0v) is 17.6. The number of hydrogen-bond donors (Lipinski definition) is 2. The molecule has 0 bridgehead atoms. The highest BCUT2D eigenvalue weighted by atomic mass is 127. The van der Waals surface area contributed by atoms with Gasteiger partial charge in [-0.15, -0.1) is 24.0 Å². The van der Waals surface area contributed by atoms with Crippen LogP contribution in [-0.2, 0) is 6.54 Å². The van der Waals surface area contributed by atoms with Gasteiger partial charge in [-0.2, -0.15) is 4.98 Å². The molecule has 0 aliphatic carbocycles. The fourth-order valence-electron chi connectivity index (χ4n) is 2.95. The molecular weight excluding hydrogens is 447 g/mol. The molecule has 142 valence electrons. The fraction of sp³-hybridized carbons (Fsp3) is 0.471. The van der Waals surface area contributed by atoms with E-state index in [1.54, 1.807) is 21.1 Å². The van der Waals surface area contributed by atoms with Crippen LogP contribution in [0.25, 0.3) is 0 Å². The van der Waals surface area contributed by atoms with E-state index in [1.165, 1.54) is 0 Å². The summed E-state index contributed by atoms with van der Waals surface area (Å²) in [6, 6.07) is 8.40. The smallest absolute Gasteiger partial charge is 0.246 e. The van der Waals surface area contributed by atoms with Crippen molar-refractivity contribution in [3.05, 3.63) is 36.0 Å². The molecule has 0 saturated carbocycles. The summed E-state index contributed by atoms with van der Waals surface area (Å²) in [4.78, 5) is 10.8. The molecule has 2 heterocycles. The highest BCUT2D eigenvalue weighted by Gasteiger charge is 2.25. The van der Waals surface area contributed by atoms with E-state index in [4.69, 9.17) is 9.26 Å². The summed E-state index contributed by atoms with van der Waals surface area (Å²) in [5.41, 5.74) is 1.12. The molecule has 2 N–H and O–H groups in total. The van der Waals surface area contributed by atoms with Crippen LogP contribution in [0.5, 0.6) is 5.75 Å². The number of methoxy groups -OCH3 is 1. The lowest BCUT2D eigenvalue weighted by atomic mass is 10.2. The largest absolute Gasteiger partial charge is 0.495 e. The molecule has 1 aliphatic rings. The SMILES string of the molecule is CN=C(NCc1nc(C)no1)NC1CCN(c2ccccc2OC)C1.I. The number of guanidine groups is 1. The Morgan fingerprint density at radius 1 is 1.42 bits per heavy atom. The predicted molar refractivity (Wildman–Crippen MR) is 111 cm³/mol. The minimum Gasteiger partial charge on any atom is -0.495 e. The fourth-order valence-corrected chi connectivity index (χ4v) is 2.95. The molecule has 1 aromatic carbocycles. The molecule has 8 nitrogen and oxygen atoms in total.